The Morgan fingerprint density at radius 2 is 0.714 bits per heavy atom. The quantitative estimate of drug-likeness (QED) is 0.0191. The number of hydrogen-bond donors (Lipinski definition) is 6. The molecule has 0 bridgehead atoms. The SMILES string of the molecule is CCCCCCCCCCCCCCCCCCCCCCCCC(=O)OC(COC(=O)CCCCCCCCCCCCCC)COP(=O)(O)OC1C(O)C(O)C(O)C(O)C1O. The van der Waals surface area contributed by atoms with E-state index in [9.17, 15) is 44.6 Å². The van der Waals surface area contributed by atoms with Crippen molar-refractivity contribution in [1.82, 2.24) is 0 Å². The van der Waals surface area contributed by atoms with Gasteiger partial charge in [-0.15, -0.1) is 0 Å². The Kier molecular flexibility index (Phi) is 38.0. The molecule has 0 aromatic carbocycles. The third kappa shape index (κ3) is 32.2. The zero-order chi connectivity index (χ0) is 46.4. The van der Waals surface area contributed by atoms with E-state index in [1.54, 1.807) is 0 Å². The summed E-state index contributed by atoms with van der Waals surface area (Å²) in [6.45, 7) is 3.34. The van der Waals surface area contributed by atoms with Crippen molar-refractivity contribution in [3.05, 3.63) is 0 Å². The molecular weight excluding hydrogens is 828 g/mol. The van der Waals surface area contributed by atoms with Gasteiger partial charge in [-0.3, -0.25) is 18.6 Å². The molecule has 1 aliphatic carbocycles. The first-order chi connectivity index (χ1) is 30.4. The number of ether oxygens (including phenoxy) is 2. The highest BCUT2D eigenvalue weighted by atomic mass is 31.2. The van der Waals surface area contributed by atoms with Gasteiger partial charge >= 0.3 is 19.8 Å². The van der Waals surface area contributed by atoms with Crippen LogP contribution in [0.25, 0.3) is 0 Å². The van der Waals surface area contributed by atoms with Gasteiger partial charge in [0, 0.05) is 12.8 Å². The molecule has 0 saturated heterocycles. The lowest BCUT2D eigenvalue weighted by Gasteiger charge is -2.41. The number of carbonyl (C=O) groups excluding carboxylic acids is 2. The maximum atomic E-state index is 12.8. The van der Waals surface area contributed by atoms with Gasteiger partial charge in [-0.2, -0.15) is 0 Å². The van der Waals surface area contributed by atoms with E-state index < -0.39 is 75.7 Å². The van der Waals surface area contributed by atoms with E-state index in [0.29, 0.717) is 12.8 Å². The Balaban J connectivity index is 2.34. The van der Waals surface area contributed by atoms with E-state index >= 15 is 0 Å². The van der Waals surface area contributed by atoms with Crippen LogP contribution in [0.15, 0.2) is 0 Å². The number of phosphoric ester groups is 1. The Bertz CT molecular complexity index is 1110. The Labute approximate surface area is 382 Å². The lowest BCUT2D eigenvalue weighted by Crippen LogP contribution is -2.64. The Morgan fingerprint density at radius 1 is 0.429 bits per heavy atom. The fraction of sp³-hybridized carbons (Fsp3) is 0.959. The fourth-order valence-electron chi connectivity index (χ4n) is 8.29. The average molecular weight is 923 g/mol. The van der Waals surface area contributed by atoms with Crippen LogP contribution in [0.3, 0.4) is 0 Å². The number of esters is 2. The molecule has 0 spiro atoms. The van der Waals surface area contributed by atoms with Gasteiger partial charge in [0.1, 0.15) is 43.2 Å². The highest BCUT2D eigenvalue weighted by Crippen LogP contribution is 2.47. The number of aliphatic hydroxyl groups is 5. The largest absolute Gasteiger partial charge is 0.472 e. The van der Waals surface area contributed by atoms with E-state index in [2.05, 4.69) is 13.8 Å². The maximum Gasteiger partial charge on any atom is 0.472 e. The highest BCUT2D eigenvalue weighted by Gasteiger charge is 2.51. The van der Waals surface area contributed by atoms with E-state index in [4.69, 9.17) is 18.5 Å². The molecule has 374 valence electrons. The van der Waals surface area contributed by atoms with Crippen molar-refractivity contribution in [2.45, 2.75) is 288 Å². The third-order valence-electron chi connectivity index (χ3n) is 12.4. The molecule has 0 heterocycles. The molecule has 1 fully saturated rings. The fourth-order valence-corrected chi connectivity index (χ4v) is 9.26. The van der Waals surface area contributed by atoms with Gasteiger partial charge in [-0.1, -0.05) is 219 Å². The van der Waals surface area contributed by atoms with E-state index in [-0.39, 0.29) is 12.8 Å². The highest BCUT2D eigenvalue weighted by molar-refractivity contribution is 7.47. The molecule has 0 aromatic heterocycles. The van der Waals surface area contributed by atoms with Crippen LogP contribution in [0.1, 0.15) is 245 Å². The molecule has 0 aliphatic heterocycles. The summed E-state index contributed by atoms with van der Waals surface area (Å²) in [6.07, 6.45) is 28.8. The van der Waals surface area contributed by atoms with Crippen LogP contribution >= 0.6 is 7.82 Å². The van der Waals surface area contributed by atoms with Gasteiger partial charge in [0.05, 0.1) is 6.61 Å². The van der Waals surface area contributed by atoms with Crippen molar-refractivity contribution in [2.24, 2.45) is 0 Å². The first-order valence-electron chi connectivity index (χ1n) is 25.8. The van der Waals surface area contributed by atoms with Crippen LogP contribution in [0.2, 0.25) is 0 Å². The zero-order valence-corrected chi connectivity index (χ0v) is 40.8. The predicted octanol–water partition coefficient (Wildman–Crippen LogP) is 10.8. The van der Waals surface area contributed by atoms with Gasteiger partial charge in [-0.25, -0.2) is 4.57 Å². The van der Waals surface area contributed by atoms with Crippen LogP contribution < -0.4 is 0 Å². The second-order valence-corrected chi connectivity index (χ2v) is 19.8. The molecule has 1 rings (SSSR count). The van der Waals surface area contributed by atoms with Gasteiger partial charge in [0.15, 0.2) is 6.10 Å². The molecular formula is C49H95O13P. The lowest BCUT2D eigenvalue weighted by molar-refractivity contribution is -0.220. The number of aliphatic hydroxyl groups excluding tert-OH is 5. The van der Waals surface area contributed by atoms with Gasteiger partial charge in [0.25, 0.3) is 0 Å². The van der Waals surface area contributed by atoms with E-state index in [1.165, 1.54) is 167 Å². The normalized spacial score (nSPS) is 21.6. The minimum Gasteiger partial charge on any atom is -0.462 e. The molecule has 14 heteroatoms. The van der Waals surface area contributed by atoms with Crippen LogP contribution in [-0.4, -0.2) is 98.3 Å². The first kappa shape index (κ1) is 59.9. The maximum absolute atomic E-state index is 12.8. The molecule has 6 atom stereocenters. The summed E-state index contributed by atoms with van der Waals surface area (Å²) in [4.78, 5) is 35.8. The summed E-state index contributed by atoms with van der Waals surface area (Å²) in [7, 11) is -5.11. The topological polar surface area (TPSA) is 210 Å². The van der Waals surface area contributed by atoms with Crippen molar-refractivity contribution in [1.29, 1.82) is 0 Å². The summed E-state index contributed by atoms with van der Waals surface area (Å²) in [5.41, 5.74) is 0. The molecule has 0 radical (unpaired) electrons. The first-order valence-corrected chi connectivity index (χ1v) is 27.3. The number of phosphoric acid groups is 1. The van der Waals surface area contributed by atoms with Crippen LogP contribution in [0.5, 0.6) is 0 Å². The molecule has 0 aromatic rings. The summed E-state index contributed by atoms with van der Waals surface area (Å²) >= 11 is 0. The van der Waals surface area contributed by atoms with E-state index in [0.717, 1.165) is 38.5 Å². The van der Waals surface area contributed by atoms with Crippen LogP contribution in [0, 0.1) is 0 Å². The molecule has 0 amide bonds. The molecule has 13 nitrogen and oxygen atoms in total. The van der Waals surface area contributed by atoms with Crippen LogP contribution in [-0.2, 0) is 32.7 Å². The summed E-state index contributed by atoms with van der Waals surface area (Å²) in [5, 5.41) is 50.2. The smallest absolute Gasteiger partial charge is 0.462 e. The van der Waals surface area contributed by atoms with Crippen molar-refractivity contribution >= 4 is 19.8 Å². The Hall–Kier alpha value is -1.15. The minimum absolute atomic E-state index is 0.105. The molecule has 1 saturated carbocycles. The monoisotopic (exact) mass is 923 g/mol. The zero-order valence-electron chi connectivity index (χ0n) is 39.9. The standard InChI is InChI=1S/C49H95O13P/c1-3-5-7-9-11-13-15-17-18-19-20-21-22-23-24-25-26-28-30-32-34-36-38-43(51)61-41(39-59-42(50)37-35-33-31-29-27-16-14-12-10-8-6-4-2)40-60-63(57,58)62-49-47(55)45(53)44(52)46(54)48(49)56/h41,44-49,52-56H,3-40H2,1-2H3,(H,57,58). The molecule has 1 aliphatic rings. The third-order valence-corrected chi connectivity index (χ3v) is 13.4. The Morgan fingerprint density at radius 3 is 1.05 bits per heavy atom. The molecule has 63 heavy (non-hydrogen) atoms. The van der Waals surface area contributed by atoms with Crippen molar-refractivity contribution in [3.63, 3.8) is 0 Å². The number of carbonyl (C=O) groups is 2. The van der Waals surface area contributed by atoms with Crippen molar-refractivity contribution in [3.8, 4) is 0 Å². The summed E-state index contributed by atoms with van der Waals surface area (Å²) < 4.78 is 33.6. The molecule has 6 N–H and O–H groups in total. The number of rotatable bonds is 44. The van der Waals surface area contributed by atoms with Crippen molar-refractivity contribution in [2.75, 3.05) is 13.2 Å². The van der Waals surface area contributed by atoms with Gasteiger partial charge in [-0.05, 0) is 12.8 Å². The second kappa shape index (κ2) is 40.0. The summed E-state index contributed by atoms with van der Waals surface area (Å²) in [5.74, 6) is -1.08. The average Bonchev–Trinajstić information content (AvgIpc) is 3.26. The van der Waals surface area contributed by atoms with E-state index in [1.807, 2.05) is 0 Å². The second-order valence-electron chi connectivity index (χ2n) is 18.4. The minimum atomic E-state index is -5.11. The number of unbranched alkanes of at least 4 members (excludes halogenated alkanes) is 32. The van der Waals surface area contributed by atoms with Gasteiger partial charge in [0.2, 0.25) is 0 Å². The number of hydrogen-bond acceptors (Lipinski definition) is 12. The molecule has 6 unspecified atom stereocenters. The lowest BCUT2D eigenvalue weighted by atomic mass is 9.85. The van der Waals surface area contributed by atoms with Crippen molar-refractivity contribution < 1.29 is 63.1 Å². The predicted molar refractivity (Wildman–Crippen MR) is 249 cm³/mol. The van der Waals surface area contributed by atoms with Crippen LogP contribution in [0.4, 0.5) is 0 Å². The van der Waals surface area contributed by atoms with Gasteiger partial charge < -0.3 is 39.9 Å². The summed E-state index contributed by atoms with van der Waals surface area (Å²) in [6, 6.07) is 0.